The molecule has 1 saturated carbocycles. The molecular formula is C11H23NO. The van der Waals surface area contributed by atoms with Gasteiger partial charge in [-0.2, -0.15) is 0 Å². The van der Waals surface area contributed by atoms with Gasteiger partial charge in [-0.25, -0.2) is 0 Å². The highest BCUT2D eigenvalue weighted by Crippen LogP contribution is 2.37. The van der Waals surface area contributed by atoms with E-state index in [0.717, 1.165) is 24.7 Å². The van der Waals surface area contributed by atoms with Crippen molar-refractivity contribution in [3.05, 3.63) is 0 Å². The van der Waals surface area contributed by atoms with Crippen LogP contribution in [0.5, 0.6) is 0 Å². The Morgan fingerprint density at radius 3 is 2.69 bits per heavy atom. The predicted octanol–water partition coefficient (Wildman–Crippen LogP) is 2.18. The predicted molar refractivity (Wildman–Crippen MR) is 55.6 cm³/mol. The molecule has 0 aromatic carbocycles. The summed E-state index contributed by atoms with van der Waals surface area (Å²) in [6.45, 7) is 5.27. The molecule has 13 heavy (non-hydrogen) atoms. The minimum absolute atomic E-state index is 0.00676. The molecule has 0 aliphatic heterocycles. The maximum absolute atomic E-state index is 5.79. The van der Waals surface area contributed by atoms with Gasteiger partial charge >= 0.3 is 0 Å². The van der Waals surface area contributed by atoms with Crippen molar-refractivity contribution in [2.45, 2.75) is 45.1 Å². The van der Waals surface area contributed by atoms with E-state index in [2.05, 4.69) is 13.8 Å². The van der Waals surface area contributed by atoms with Crippen LogP contribution in [-0.4, -0.2) is 19.3 Å². The van der Waals surface area contributed by atoms with Crippen LogP contribution in [-0.2, 0) is 4.74 Å². The second kappa shape index (κ2) is 4.43. The molecule has 0 amide bonds. The first-order chi connectivity index (χ1) is 6.13. The maximum atomic E-state index is 5.79. The molecule has 0 radical (unpaired) electrons. The third-order valence-electron chi connectivity index (χ3n) is 3.59. The summed E-state index contributed by atoms with van der Waals surface area (Å²) in [6.07, 6.45) is 4.91. The van der Waals surface area contributed by atoms with Crippen LogP contribution in [0.2, 0.25) is 0 Å². The van der Waals surface area contributed by atoms with Crippen LogP contribution in [0.3, 0.4) is 0 Å². The first kappa shape index (κ1) is 11.0. The number of rotatable bonds is 3. The molecule has 0 bridgehead atoms. The molecule has 0 aromatic rings. The van der Waals surface area contributed by atoms with Gasteiger partial charge in [0.2, 0.25) is 0 Å². The van der Waals surface area contributed by atoms with Crippen LogP contribution in [0.15, 0.2) is 0 Å². The van der Waals surface area contributed by atoms with Crippen molar-refractivity contribution in [2.24, 2.45) is 17.6 Å². The minimum atomic E-state index is -0.00676. The fraction of sp³-hybridized carbons (Fsp3) is 1.00. The molecule has 1 aliphatic carbocycles. The number of ether oxygens (including phenoxy) is 1. The van der Waals surface area contributed by atoms with Crippen LogP contribution in [0, 0.1) is 11.8 Å². The molecule has 2 N–H and O–H groups in total. The van der Waals surface area contributed by atoms with E-state index in [4.69, 9.17) is 10.5 Å². The number of methoxy groups -OCH3 is 1. The highest BCUT2D eigenvalue weighted by molar-refractivity contribution is 4.89. The monoisotopic (exact) mass is 185 g/mol. The molecule has 78 valence electrons. The Balaban J connectivity index is 2.58. The molecule has 1 fully saturated rings. The minimum Gasteiger partial charge on any atom is -0.377 e. The highest BCUT2D eigenvalue weighted by atomic mass is 16.5. The first-order valence-corrected chi connectivity index (χ1v) is 5.39. The van der Waals surface area contributed by atoms with Gasteiger partial charge in [-0.3, -0.25) is 0 Å². The molecule has 1 aliphatic rings. The lowest BCUT2D eigenvalue weighted by Crippen LogP contribution is -2.44. The van der Waals surface area contributed by atoms with E-state index in [-0.39, 0.29) is 5.60 Å². The van der Waals surface area contributed by atoms with Gasteiger partial charge in [0.1, 0.15) is 0 Å². The van der Waals surface area contributed by atoms with Gasteiger partial charge in [0, 0.05) is 13.7 Å². The van der Waals surface area contributed by atoms with Crippen molar-refractivity contribution in [2.75, 3.05) is 13.7 Å². The van der Waals surface area contributed by atoms with Crippen LogP contribution < -0.4 is 5.73 Å². The average Bonchev–Trinajstić information content (AvgIpc) is 2.18. The third-order valence-corrected chi connectivity index (χ3v) is 3.59. The lowest BCUT2D eigenvalue weighted by Gasteiger charge is -2.40. The molecule has 1 rings (SSSR count). The fourth-order valence-corrected chi connectivity index (χ4v) is 2.39. The molecule has 0 spiro atoms. The van der Waals surface area contributed by atoms with Crippen molar-refractivity contribution in [1.29, 1.82) is 0 Å². The van der Waals surface area contributed by atoms with Crippen LogP contribution in [0.25, 0.3) is 0 Å². The van der Waals surface area contributed by atoms with Gasteiger partial charge in [-0.15, -0.1) is 0 Å². The standard InChI is InChI=1S/C11H23NO/c1-9(2)10-5-4-6-11(7-10,8-12)13-3/h9-10H,4-8,12H2,1-3H3. The normalized spacial score (nSPS) is 35.3. The summed E-state index contributed by atoms with van der Waals surface area (Å²) in [4.78, 5) is 0. The Hall–Kier alpha value is -0.0800. The zero-order valence-electron chi connectivity index (χ0n) is 9.18. The fourth-order valence-electron chi connectivity index (χ4n) is 2.39. The molecule has 0 saturated heterocycles. The van der Waals surface area contributed by atoms with Gasteiger partial charge in [-0.05, 0) is 31.1 Å². The summed E-state index contributed by atoms with van der Waals surface area (Å²) in [5.41, 5.74) is 5.78. The molecule has 2 nitrogen and oxygen atoms in total. The van der Waals surface area contributed by atoms with E-state index in [0.29, 0.717) is 6.54 Å². The molecule has 0 heterocycles. The van der Waals surface area contributed by atoms with Crippen molar-refractivity contribution in [1.82, 2.24) is 0 Å². The Bertz CT molecular complexity index is 152. The van der Waals surface area contributed by atoms with Gasteiger partial charge in [-0.1, -0.05) is 20.3 Å². The van der Waals surface area contributed by atoms with E-state index >= 15 is 0 Å². The van der Waals surface area contributed by atoms with Crippen LogP contribution in [0.4, 0.5) is 0 Å². The Kier molecular flexibility index (Phi) is 3.74. The highest BCUT2D eigenvalue weighted by Gasteiger charge is 2.35. The van der Waals surface area contributed by atoms with E-state index in [1.807, 2.05) is 0 Å². The largest absolute Gasteiger partial charge is 0.377 e. The Labute approximate surface area is 81.8 Å². The smallest absolute Gasteiger partial charge is 0.0803 e. The average molecular weight is 185 g/mol. The molecular weight excluding hydrogens is 162 g/mol. The summed E-state index contributed by atoms with van der Waals surface area (Å²) in [7, 11) is 1.80. The van der Waals surface area contributed by atoms with E-state index < -0.39 is 0 Å². The van der Waals surface area contributed by atoms with Crippen LogP contribution >= 0.6 is 0 Å². The van der Waals surface area contributed by atoms with Gasteiger partial charge in [0.05, 0.1) is 5.60 Å². The second-order valence-corrected chi connectivity index (χ2v) is 4.69. The molecule has 2 atom stereocenters. The van der Waals surface area contributed by atoms with Crippen LogP contribution in [0.1, 0.15) is 39.5 Å². The van der Waals surface area contributed by atoms with Gasteiger partial charge in [0.25, 0.3) is 0 Å². The Morgan fingerprint density at radius 1 is 1.54 bits per heavy atom. The lowest BCUT2D eigenvalue weighted by atomic mass is 9.73. The van der Waals surface area contributed by atoms with E-state index in [1.165, 1.54) is 12.8 Å². The third kappa shape index (κ3) is 2.44. The van der Waals surface area contributed by atoms with Gasteiger partial charge in [0.15, 0.2) is 0 Å². The Morgan fingerprint density at radius 2 is 2.23 bits per heavy atom. The second-order valence-electron chi connectivity index (χ2n) is 4.69. The zero-order valence-corrected chi connectivity index (χ0v) is 9.18. The quantitative estimate of drug-likeness (QED) is 0.731. The zero-order chi connectivity index (χ0) is 9.90. The van der Waals surface area contributed by atoms with E-state index in [9.17, 15) is 0 Å². The van der Waals surface area contributed by atoms with Crippen molar-refractivity contribution in [3.8, 4) is 0 Å². The van der Waals surface area contributed by atoms with Gasteiger partial charge < -0.3 is 10.5 Å². The molecule has 2 heteroatoms. The number of hydrogen-bond donors (Lipinski definition) is 1. The summed E-state index contributed by atoms with van der Waals surface area (Å²) in [5.74, 6) is 1.57. The summed E-state index contributed by atoms with van der Waals surface area (Å²) >= 11 is 0. The lowest BCUT2D eigenvalue weighted by molar-refractivity contribution is -0.0534. The number of hydrogen-bond acceptors (Lipinski definition) is 2. The summed E-state index contributed by atoms with van der Waals surface area (Å²) in [6, 6.07) is 0. The SMILES string of the molecule is COC1(CN)CCCC(C(C)C)C1. The van der Waals surface area contributed by atoms with Crippen molar-refractivity contribution in [3.63, 3.8) is 0 Å². The van der Waals surface area contributed by atoms with Crippen molar-refractivity contribution < 1.29 is 4.74 Å². The topological polar surface area (TPSA) is 35.2 Å². The van der Waals surface area contributed by atoms with E-state index in [1.54, 1.807) is 7.11 Å². The van der Waals surface area contributed by atoms with Crippen molar-refractivity contribution >= 4 is 0 Å². The maximum Gasteiger partial charge on any atom is 0.0803 e. The molecule has 2 unspecified atom stereocenters. The summed E-state index contributed by atoms with van der Waals surface area (Å²) < 4.78 is 5.58. The first-order valence-electron chi connectivity index (χ1n) is 5.39. The molecule has 0 aromatic heterocycles. The number of nitrogens with two attached hydrogens (primary N) is 1. The summed E-state index contributed by atoms with van der Waals surface area (Å²) in [5, 5.41) is 0.